The van der Waals surface area contributed by atoms with Crippen LogP contribution in [0.1, 0.15) is 60.3 Å². The highest BCUT2D eigenvalue weighted by Gasteiger charge is 2.54. The first-order chi connectivity index (χ1) is 10.9. The molecule has 1 heterocycles. The first-order valence-electron chi connectivity index (χ1n) is 8.51. The van der Waals surface area contributed by atoms with Crippen LogP contribution < -0.4 is 0 Å². The minimum Gasteiger partial charge on any atom is -0.321 e. The van der Waals surface area contributed by atoms with Gasteiger partial charge in [0, 0.05) is 17.3 Å². The van der Waals surface area contributed by atoms with Crippen LogP contribution in [0.25, 0.3) is 0 Å². The number of hydrogen-bond donors (Lipinski definition) is 0. The van der Waals surface area contributed by atoms with Gasteiger partial charge in [0.15, 0.2) is 0 Å². The van der Waals surface area contributed by atoms with E-state index < -0.39 is 8.53 Å². The van der Waals surface area contributed by atoms with E-state index in [2.05, 4.69) is 45.4 Å². The molecule has 1 unspecified atom stereocenters. The van der Waals surface area contributed by atoms with Crippen molar-refractivity contribution in [1.29, 1.82) is 5.26 Å². The number of rotatable bonds is 8. The number of nitrogens with zero attached hydrogens (tertiary/aromatic N) is 2. The molecule has 1 aliphatic carbocycles. The van der Waals surface area contributed by atoms with E-state index >= 15 is 0 Å². The molecule has 0 N–H and O–H groups in total. The van der Waals surface area contributed by atoms with Crippen LogP contribution in [-0.4, -0.2) is 39.5 Å². The van der Waals surface area contributed by atoms with E-state index in [0.29, 0.717) is 35.1 Å². The Kier molecular flexibility index (Phi) is 7.53. The Morgan fingerprint density at radius 2 is 1.96 bits per heavy atom. The molecule has 2 fully saturated rings. The van der Waals surface area contributed by atoms with Crippen LogP contribution in [0.2, 0.25) is 0 Å². The predicted molar refractivity (Wildman–Crippen MR) is 101 cm³/mol. The van der Waals surface area contributed by atoms with Crippen molar-refractivity contribution in [2.24, 2.45) is 0 Å². The third kappa shape index (κ3) is 4.57. The molecule has 3 atom stereocenters. The second-order valence-corrected chi connectivity index (χ2v) is 11.3. The Balaban J connectivity index is 2.11. The lowest BCUT2D eigenvalue weighted by atomic mass is 9.79. The molecule has 23 heavy (non-hydrogen) atoms. The summed E-state index contributed by atoms with van der Waals surface area (Å²) in [5.41, 5.74) is 0. The van der Waals surface area contributed by atoms with Gasteiger partial charge in [0.2, 0.25) is 0 Å². The molecule has 132 valence electrons. The highest BCUT2D eigenvalue weighted by Crippen LogP contribution is 2.64. The molecular weight excluding hydrogens is 347 g/mol. The van der Waals surface area contributed by atoms with Crippen LogP contribution in [0.5, 0.6) is 0 Å². The zero-order chi connectivity index (χ0) is 17.0. The molecule has 0 aromatic heterocycles. The molecule has 0 bridgehead atoms. The Morgan fingerprint density at radius 3 is 2.43 bits per heavy atom. The van der Waals surface area contributed by atoms with E-state index in [1.54, 1.807) is 0 Å². The average Bonchev–Trinajstić information content (AvgIpc) is 2.75. The van der Waals surface area contributed by atoms with E-state index in [9.17, 15) is 0 Å². The second-order valence-electron chi connectivity index (χ2n) is 6.88. The summed E-state index contributed by atoms with van der Waals surface area (Å²) in [5.74, 6) is 0. The van der Waals surface area contributed by atoms with Crippen molar-refractivity contribution < 1.29 is 9.05 Å². The lowest BCUT2D eigenvalue weighted by Crippen LogP contribution is -2.47. The maximum absolute atomic E-state index is 8.81. The standard InChI is InChI=1S/C16H29N2O2PS2/c1-12(2)18(13(3)4)21(19-11-7-10-17)20-15-14(5)22-23-16(15)8-6-9-16/h12-15H,6-9,11H2,1-5H3/t14-,15-,21?/m0/s1. The largest absolute Gasteiger partial charge is 0.321 e. The maximum Gasteiger partial charge on any atom is 0.259 e. The average molecular weight is 377 g/mol. The normalized spacial score (nSPS) is 27.6. The van der Waals surface area contributed by atoms with Crippen molar-refractivity contribution in [1.82, 2.24) is 4.67 Å². The van der Waals surface area contributed by atoms with E-state index in [0.717, 1.165) is 0 Å². The summed E-state index contributed by atoms with van der Waals surface area (Å²) in [5, 5.41) is 9.30. The smallest absolute Gasteiger partial charge is 0.259 e. The summed E-state index contributed by atoms with van der Waals surface area (Å²) in [6, 6.07) is 2.88. The Bertz CT molecular complexity index is 419. The van der Waals surface area contributed by atoms with Crippen LogP contribution >= 0.6 is 30.1 Å². The molecular formula is C16H29N2O2PS2. The van der Waals surface area contributed by atoms with Crippen LogP contribution in [0.3, 0.4) is 0 Å². The molecule has 1 spiro atoms. The Hall–Kier alpha value is 0.500. The molecule has 0 aromatic carbocycles. The lowest BCUT2D eigenvalue weighted by molar-refractivity contribution is 0.0831. The van der Waals surface area contributed by atoms with Crippen LogP contribution in [0.15, 0.2) is 0 Å². The summed E-state index contributed by atoms with van der Waals surface area (Å²) < 4.78 is 15.3. The molecule has 0 radical (unpaired) electrons. The molecule has 1 saturated carbocycles. The highest BCUT2D eigenvalue weighted by molar-refractivity contribution is 8.78. The lowest BCUT2D eigenvalue weighted by Gasteiger charge is -2.45. The fourth-order valence-electron chi connectivity index (χ4n) is 3.16. The first kappa shape index (κ1) is 19.8. The quantitative estimate of drug-likeness (QED) is 0.323. The summed E-state index contributed by atoms with van der Waals surface area (Å²) in [7, 11) is 2.86. The van der Waals surface area contributed by atoms with Crippen LogP contribution in [0.4, 0.5) is 0 Å². The van der Waals surface area contributed by atoms with Gasteiger partial charge in [-0.2, -0.15) is 5.26 Å². The molecule has 0 amide bonds. The van der Waals surface area contributed by atoms with E-state index in [-0.39, 0.29) is 6.10 Å². The highest BCUT2D eigenvalue weighted by atomic mass is 33.1. The van der Waals surface area contributed by atoms with Gasteiger partial charge in [-0.05, 0) is 47.5 Å². The van der Waals surface area contributed by atoms with Gasteiger partial charge in [0.05, 0.1) is 29.9 Å². The molecule has 4 nitrogen and oxygen atoms in total. The number of hydrogen-bond acceptors (Lipinski definition) is 6. The zero-order valence-electron chi connectivity index (χ0n) is 14.8. The molecule has 0 aromatic rings. The monoisotopic (exact) mass is 376 g/mol. The zero-order valence-corrected chi connectivity index (χ0v) is 17.3. The van der Waals surface area contributed by atoms with Crippen molar-refractivity contribution in [3.63, 3.8) is 0 Å². The van der Waals surface area contributed by atoms with Gasteiger partial charge in [-0.15, -0.1) is 0 Å². The van der Waals surface area contributed by atoms with Crippen molar-refractivity contribution in [3.05, 3.63) is 0 Å². The third-order valence-corrected chi connectivity index (χ3v) is 10.3. The fraction of sp³-hybridized carbons (Fsp3) is 0.938. The van der Waals surface area contributed by atoms with E-state index in [1.807, 2.05) is 21.6 Å². The molecule has 1 saturated heterocycles. The molecule has 7 heteroatoms. The van der Waals surface area contributed by atoms with Gasteiger partial charge in [0.1, 0.15) is 0 Å². The second kappa shape index (κ2) is 8.74. The minimum absolute atomic E-state index is 0.249. The minimum atomic E-state index is -1.13. The van der Waals surface area contributed by atoms with E-state index in [4.69, 9.17) is 14.3 Å². The van der Waals surface area contributed by atoms with Crippen molar-refractivity contribution >= 4 is 30.1 Å². The summed E-state index contributed by atoms with van der Waals surface area (Å²) >= 11 is 0. The van der Waals surface area contributed by atoms with Crippen molar-refractivity contribution in [3.8, 4) is 6.07 Å². The summed E-state index contributed by atoms with van der Waals surface area (Å²) in [6.07, 6.45) is 4.49. The Labute approximate surface area is 150 Å². The van der Waals surface area contributed by atoms with E-state index in [1.165, 1.54) is 19.3 Å². The fourth-order valence-corrected chi connectivity index (χ4v) is 8.97. The summed E-state index contributed by atoms with van der Waals surface area (Å²) in [4.78, 5) is 0. The van der Waals surface area contributed by atoms with Gasteiger partial charge >= 0.3 is 0 Å². The Morgan fingerprint density at radius 1 is 1.30 bits per heavy atom. The van der Waals surface area contributed by atoms with Crippen LogP contribution in [-0.2, 0) is 9.05 Å². The van der Waals surface area contributed by atoms with Gasteiger partial charge in [-0.3, -0.25) is 0 Å². The predicted octanol–water partition coefficient (Wildman–Crippen LogP) is 5.35. The topological polar surface area (TPSA) is 45.5 Å². The van der Waals surface area contributed by atoms with Crippen molar-refractivity contribution in [2.75, 3.05) is 6.61 Å². The first-order valence-corrected chi connectivity index (χ1v) is 11.8. The van der Waals surface area contributed by atoms with Gasteiger partial charge in [-0.25, -0.2) is 4.67 Å². The van der Waals surface area contributed by atoms with Crippen LogP contribution in [0, 0.1) is 11.3 Å². The van der Waals surface area contributed by atoms with Gasteiger partial charge in [0.25, 0.3) is 8.53 Å². The third-order valence-electron chi connectivity index (χ3n) is 4.38. The van der Waals surface area contributed by atoms with Gasteiger partial charge in [-0.1, -0.05) is 28.0 Å². The molecule has 2 aliphatic rings. The van der Waals surface area contributed by atoms with Crippen molar-refractivity contribution in [2.45, 2.75) is 88.5 Å². The molecule has 1 aliphatic heterocycles. The SMILES string of the molecule is CC(C)N(C(C)C)P(OCCC#N)O[C@H]1[C@H](C)SSC12CCC2. The van der Waals surface area contributed by atoms with Gasteiger partial charge < -0.3 is 9.05 Å². The maximum atomic E-state index is 8.81. The number of nitriles is 1. The molecule has 2 rings (SSSR count). The summed E-state index contributed by atoms with van der Waals surface area (Å²) in [6.45, 7) is 11.5.